The van der Waals surface area contributed by atoms with E-state index in [-0.39, 0.29) is 6.04 Å². The molecule has 94 valence electrons. The second kappa shape index (κ2) is 6.01. The van der Waals surface area contributed by atoms with Crippen LogP contribution in [0, 0.1) is 11.8 Å². The van der Waals surface area contributed by atoms with E-state index in [2.05, 4.69) is 47.1 Å². The Hall–Kier alpha value is -0.340. The van der Waals surface area contributed by atoms with E-state index in [9.17, 15) is 0 Å². The van der Waals surface area contributed by atoms with Crippen molar-refractivity contribution in [3.63, 3.8) is 0 Å². The molecule has 0 radical (unpaired) electrons. The number of halogens is 1. The maximum absolute atomic E-state index is 6.46. The van der Waals surface area contributed by atoms with Crippen molar-refractivity contribution in [3.8, 4) is 0 Å². The maximum Gasteiger partial charge on any atom is 0.0334 e. The van der Waals surface area contributed by atoms with Gasteiger partial charge < -0.3 is 5.73 Å². The lowest BCUT2D eigenvalue weighted by molar-refractivity contribution is 0.230. The highest BCUT2D eigenvalue weighted by Gasteiger charge is 2.27. The Morgan fingerprint density at radius 1 is 1.35 bits per heavy atom. The van der Waals surface area contributed by atoms with Gasteiger partial charge in [-0.2, -0.15) is 0 Å². The van der Waals surface area contributed by atoms with Gasteiger partial charge in [-0.05, 0) is 36.3 Å². The summed E-state index contributed by atoms with van der Waals surface area (Å²) in [5.74, 6) is 1.55. The lowest BCUT2D eigenvalue weighted by Crippen LogP contribution is -2.27. The van der Waals surface area contributed by atoms with Crippen molar-refractivity contribution in [2.75, 3.05) is 0 Å². The molecule has 1 fully saturated rings. The fraction of sp³-hybridized carbons (Fsp3) is 0.600. The molecule has 1 nitrogen and oxygen atoms in total. The molecule has 0 heterocycles. The minimum Gasteiger partial charge on any atom is -0.324 e. The predicted octanol–water partition coefficient (Wildman–Crippen LogP) is 4.67. The average Bonchev–Trinajstić information content (AvgIpc) is 2.38. The lowest BCUT2D eigenvalue weighted by atomic mass is 9.75. The first-order chi connectivity index (χ1) is 8.22. The third-order valence-corrected chi connectivity index (χ3v) is 4.90. The van der Waals surface area contributed by atoms with Crippen LogP contribution < -0.4 is 5.73 Å². The molecule has 0 bridgehead atoms. The van der Waals surface area contributed by atoms with Gasteiger partial charge in [0.15, 0.2) is 0 Å². The first-order valence-corrected chi connectivity index (χ1v) is 7.51. The molecule has 2 heteroatoms. The molecule has 3 unspecified atom stereocenters. The third kappa shape index (κ3) is 3.11. The van der Waals surface area contributed by atoms with Crippen molar-refractivity contribution in [3.05, 3.63) is 34.3 Å². The summed E-state index contributed by atoms with van der Waals surface area (Å²) >= 11 is 3.62. The zero-order chi connectivity index (χ0) is 12.3. The van der Waals surface area contributed by atoms with Gasteiger partial charge >= 0.3 is 0 Å². The summed E-state index contributed by atoms with van der Waals surface area (Å²) in [6, 6.07) is 8.58. The van der Waals surface area contributed by atoms with Crippen LogP contribution in [0.1, 0.15) is 50.6 Å². The van der Waals surface area contributed by atoms with Gasteiger partial charge in [-0.3, -0.25) is 0 Å². The fourth-order valence-corrected chi connectivity index (χ4v) is 3.58. The molecule has 2 N–H and O–H groups in total. The van der Waals surface area contributed by atoms with Gasteiger partial charge in [0.2, 0.25) is 0 Å². The van der Waals surface area contributed by atoms with Crippen molar-refractivity contribution >= 4 is 15.9 Å². The molecular weight excluding hydrogens is 274 g/mol. The quantitative estimate of drug-likeness (QED) is 0.862. The summed E-state index contributed by atoms with van der Waals surface area (Å²) in [5, 5.41) is 0. The van der Waals surface area contributed by atoms with Crippen LogP contribution in [0.3, 0.4) is 0 Å². The zero-order valence-corrected chi connectivity index (χ0v) is 12.1. The van der Waals surface area contributed by atoms with E-state index in [4.69, 9.17) is 5.73 Å². The lowest BCUT2D eigenvalue weighted by Gasteiger charge is -2.33. The highest BCUT2D eigenvalue weighted by atomic mass is 79.9. The number of hydrogen-bond donors (Lipinski definition) is 1. The van der Waals surface area contributed by atoms with Crippen molar-refractivity contribution < 1.29 is 0 Å². The van der Waals surface area contributed by atoms with E-state index >= 15 is 0 Å². The van der Waals surface area contributed by atoms with E-state index in [0.717, 1.165) is 10.4 Å². The van der Waals surface area contributed by atoms with E-state index < -0.39 is 0 Å². The maximum atomic E-state index is 6.46. The van der Waals surface area contributed by atoms with E-state index in [1.165, 1.54) is 37.7 Å². The average molecular weight is 296 g/mol. The minimum atomic E-state index is 0.194. The number of hydrogen-bond acceptors (Lipinski definition) is 1. The smallest absolute Gasteiger partial charge is 0.0334 e. The van der Waals surface area contributed by atoms with Gasteiger partial charge in [0.25, 0.3) is 0 Å². The number of benzene rings is 1. The fourth-order valence-electron chi connectivity index (χ4n) is 3.03. The molecule has 1 aliphatic rings. The van der Waals surface area contributed by atoms with Crippen LogP contribution >= 0.6 is 15.9 Å². The number of nitrogens with two attached hydrogens (primary N) is 1. The van der Waals surface area contributed by atoms with Gasteiger partial charge in [-0.1, -0.05) is 60.3 Å². The summed E-state index contributed by atoms with van der Waals surface area (Å²) in [5.41, 5.74) is 7.73. The molecule has 0 saturated heterocycles. The molecular formula is C15H22BrN. The minimum absolute atomic E-state index is 0.194. The Kier molecular flexibility index (Phi) is 4.63. The summed E-state index contributed by atoms with van der Waals surface area (Å²) in [7, 11) is 0. The molecule has 1 saturated carbocycles. The van der Waals surface area contributed by atoms with Crippen LogP contribution in [-0.2, 0) is 0 Å². The molecule has 0 spiro atoms. The molecule has 0 aromatic heterocycles. The van der Waals surface area contributed by atoms with Gasteiger partial charge in [0, 0.05) is 10.5 Å². The molecule has 1 aromatic carbocycles. The predicted molar refractivity (Wildman–Crippen MR) is 76.8 cm³/mol. The molecule has 1 aromatic rings. The van der Waals surface area contributed by atoms with Gasteiger partial charge in [-0.25, -0.2) is 0 Å². The van der Waals surface area contributed by atoms with Crippen molar-refractivity contribution in [1.82, 2.24) is 0 Å². The first-order valence-electron chi connectivity index (χ1n) is 6.72. The Labute approximate surface area is 113 Å². The van der Waals surface area contributed by atoms with E-state index in [1.54, 1.807) is 0 Å². The molecule has 0 aliphatic heterocycles. The Balaban J connectivity index is 2.09. The van der Waals surface area contributed by atoms with Crippen molar-refractivity contribution in [2.24, 2.45) is 17.6 Å². The van der Waals surface area contributed by atoms with Crippen molar-refractivity contribution in [2.45, 2.75) is 45.1 Å². The zero-order valence-electron chi connectivity index (χ0n) is 10.5. The summed E-state index contributed by atoms with van der Waals surface area (Å²) in [6.07, 6.45) is 6.65. The van der Waals surface area contributed by atoms with Crippen LogP contribution in [0.2, 0.25) is 0 Å². The second-order valence-corrected chi connectivity index (χ2v) is 6.10. The topological polar surface area (TPSA) is 26.0 Å². The van der Waals surface area contributed by atoms with Crippen LogP contribution in [-0.4, -0.2) is 0 Å². The normalized spacial score (nSPS) is 26.8. The molecule has 0 amide bonds. The molecule has 3 atom stereocenters. The Morgan fingerprint density at radius 3 is 2.82 bits per heavy atom. The molecule has 17 heavy (non-hydrogen) atoms. The van der Waals surface area contributed by atoms with Crippen LogP contribution in [0.5, 0.6) is 0 Å². The highest BCUT2D eigenvalue weighted by molar-refractivity contribution is 9.10. The number of rotatable bonds is 3. The third-order valence-electron chi connectivity index (χ3n) is 4.17. The summed E-state index contributed by atoms with van der Waals surface area (Å²) in [4.78, 5) is 0. The second-order valence-electron chi connectivity index (χ2n) is 5.25. The molecule has 1 aliphatic carbocycles. The Bertz CT molecular complexity index is 364. The van der Waals surface area contributed by atoms with Crippen LogP contribution in [0.4, 0.5) is 0 Å². The van der Waals surface area contributed by atoms with Crippen LogP contribution in [0.25, 0.3) is 0 Å². The summed E-state index contributed by atoms with van der Waals surface area (Å²) < 4.78 is 1.16. The van der Waals surface area contributed by atoms with Gasteiger partial charge in [-0.15, -0.1) is 0 Å². The highest BCUT2D eigenvalue weighted by Crippen LogP contribution is 2.38. The van der Waals surface area contributed by atoms with E-state index in [0.29, 0.717) is 5.92 Å². The van der Waals surface area contributed by atoms with Gasteiger partial charge in [0.1, 0.15) is 0 Å². The van der Waals surface area contributed by atoms with Crippen molar-refractivity contribution in [1.29, 1.82) is 0 Å². The summed E-state index contributed by atoms with van der Waals surface area (Å²) in [6.45, 7) is 2.30. The van der Waals surface area contributed by atoms with E-state index in [1.807, 2.05) is 0 Å². The SMILES string of the molecule is CCC1CCCC(C(N)c2ccccc2Br)C1. The molecule has 2 rings (SSSR count). The first kappa shape index (κ1) is 13.1. The van der Waals surface area contributed by atoms with Crippen LogP contribution in [0.15, 0.2) is 28.7 Å². The standard InChI is InChI=1S/C15H22BrN/c1-2-11-6-5-7-12(10-11)15(17)13-8-3-4-9-14(13)16/h3-4,8-9,11-12,15H,2,5-7,10,17H2,1H3. The Morgan fingerprint density at radius 2 is 2.12 bits per heavy atom. The van der Waals surface area contributed by atoms with Gasteiger partial charge in [0.05, 0.1) is 0 Å². The monoisotopic (exact) mass is 295 g/mol. The largest absolute Gasteiger partial charge is 0.324 e.